The van der Waals surface area contributed by atoms with E-state index in [4.69, 9.17) is 4.98 Å². The van der Waals surface area contributed by atoms with E-state index >= 15 is 0 Å². The van der Waals surface area contributed by atoms with Crippen molar-refractivity contribution >= 4 is 22.3 Å². The molecule has 2 nitrogen and oxygen atoms in total. The van der Waals surface area contributed by atoms with Crippen molar-refractivity contribution in [3.05, 3.63) is 65.4 Å². The summed E-state index contributed by atoms with van der Waals surface area (Å²) in [4.78, 5) is 5.10. The maximum atomic E-state index is 5.10. The molecule has 3 aromatic rings. The molecule has 0 unspecified atom stereocenters. The summed E-state index contributed by atoms with van der Waals surface area (Å²) in [6.07, 6.45) is 11.5. The molecule has 0 saturated heterocycles. The van der Waals surface area contributed by atoms with Crippen molar-refractivity contribution in [2.45, 2.75) is 64.7 Å². The lowest BCUT2D eigenvalue weighted by Crippen LogP contribution is -2.05. The molecule has 1 aromatic heterocycles. The largest absolute Gasteiger partial charge is 0.355 e. The molecule has 0 spiro atoms. The van der Waals surface area contributed by atoms with Gasteiger partial charge in [-0.25, -0.2) is 0 Å². The zero-order valence-corrected chi connectivity index (χ0v) is 16.4. The smallest absolute Gasteiger partial charge is 0.0726 e. The van der Waals surface area contributed by atoms with Crippen molar-refractivity contribution in [3.8, 4) is 0 Å². The summed E-state index contributed by atoms with van der Waals surface area (Å²) in [7, 11) is 0. The summed E-state index contributed by atoms with van der Waals surface area (Å²) < 4.78 is 0. The van der Waals surface area contributed by atoms with Crippen LogP contribution in [-0.4, -0.2) is 4.98 Å². The minimum absolute atomic E-state index is 1.10. The lowest BCUT2D eigenvalue weighted by Gasteiger charge is -2.19. The number of rotatable bonds is 2. The molecule has 0 amide bonds. The second-order valence-electron chi connectivity index (χ2n) is 7.90. The van der Waals surface area contributed by atoms with Crippen molar-refractivity contribution in [1.29, 1.82) is 0 Å². The van der Waals surface area contributed by atoms with Gasteiger partial charge in [0.2, 0.25) is 0 Å². The van der Waals surface area contributed by atoms with Crippen LogP contribution >= 0.6 is 0 Å². The Morgan fingerprint density at radius 2 is 1.41 bits per heavy atom. The Morgan fingerprint density at radius 1 is 0.741 bits per heavy atom. The fraction of sp³-hybridized carbons (Fsp3) is 0.400. The van der Waals surface area contributed by atoms with Gasteiger partial charge in [0.1, 0.15) is 0 Å². The highest BCUT2D eigenvalue weighted by Crippen LogP contribution is 2.34. The van der Waals surface area contributed by atoms with Crippen LogP contribution in [0.2, 0.25) is 0 Å². The number of hydrogen-bond acceptors (Lipinski definition) is 2. The third-order valence-electron chi connectivity index (χ3n) is 5.74. The fourth-order valence-corrected chi connectivity index (χ4v) is 4.18. The predicted octanol–water partition coefficient (Wildman–Crippen LogP) is 7.12. The maximum absolute atomic E-state index is 5.10. The number of aryl methyl sites for hydroxylation is 2. The Bertz CT molecular complexity index is 896. The van der Waals surface area contributed by atoms with Crippen LogP contribution in [0.4, 0.5) is 11.4 Å². The number of aromatic nitrogens is 1. The number of nitrogens with one attached hydrogen (secondary N) is 1. The van der Waals surface area contributed by atoms with Gasteiger partial charge >= 0.3 is 0 Å². The molecule has 1 aliphatic rings. The van der Waals surface area contributed by atoms with Gasteiger partial charge in [0.15, 0.2) is 0 Å². The summed E-state index contributed by atoms with van der Waals surface area (Å²) >= 11 is 0. The number of nitrogens with zero attached hydrogens (tertiary/aromatic N) is 1. The molecule has 0 bridgehead atoms. The van der Waals surface area contributed by atoms with Crippen LogP contribution in [0.15, 0.2) is 48.5 Å². The average Bonchev–Trinajstić information content (AvgIpc) is 2.74. The normalized spacial score (nSPS) is 15.7. The van der Waals surface area contributed by atoms with Gasteiger partial charge in [0.25, 0.3) is 0 Å². The van der Waals surface area contributed by atoms with Crippen molar-refractivity contribution < 1.29 is 0 Å². The Hall–Kier alpha value is -2.35. The van der Waals surface area contributed by atoms with Gasteiger partial charge in [-0.3, -0.25) is 4.98 Å². The van der Waals surface area contributed by atoms with Crippen LogP contribution in [0.5, 0.6) is 0 Å². The molecule has 0 atom stereocenters. The van der Waals surface area contributed by atoms with Crippen LogP contribution in [0.3, 0.4) is 0 Å². The minimum atomic E-state index is 1.10. The summed E-state index contributed by atoms with van der Waals surface area (Å²) in [6.45, 7) is 2.14. The van der Waals surface area contributed by atoms with Crippen LogP contribution in [0.1, 0.15) is 61.8 Å². The molecule has 0 aliphatic heterocycles. The lowest BCUT2D eigenvalue weighted by molar-refractivity contribution is 0.587. The van der Waals surface area contributed by atoms with E-state index in [0.717, 1.165) is 24.0 Å². The van der Waals surface area contributed by atoms with Gasteiger partial charge in [0, 0.05) is 16.8 Å². The van der Waals surface area contributed by atoms with Crippen molar-refractivity contribution in [1.82, 2.24) is 4.98 Å². The van der Waals surface area contributed by atoms with E-state index in [1.807, 2.05) is 0 Å². The molecule has 0 radical (unpaired) electrons. The first-order valence-electron chi connectivity index (χ1n) is 10.6. The summed E-state index contributed by atoms with van der Waals surface area (Å²) in [5, 5.41) is 5.00. The van der Waals surface area contributed by atoms with Crippen molar-refractivity contribution in [2.75, 3.05) is 5.32 Å². The lowest BCUT2D eigenvalue weighted by atomic mass is 9.97. The highest BCUT2D eigenvalue weighted by Gasteiger charge is 2.15. The quantitative estimate of drug-likeness (QED) is 0.527. The van der Waals surface area contributed by atoms with Crippen LogP contribution in [0.25, 0.3) is 10.9 Å². The van der Waals surface area contributed by atoms with Gasteiger partial charge in [-0.05, 0) is 56.4 Å². The summed E-state index contributed by atoms with van der Waals surface area (Å²) in [5.74, 6) is 0. The number of para-hydroxylation sites is 1. The third kappa shape index (κ3) is 4.32. The van der Waals surface area contributed by atoms with E-state index < -0.39 is 0 Å². The number of fused-ring (bicyclic) bond motifs is 2. The molecule has 27 heavy (non-hydrogen) atoms. The Labute approximate surface area is 163 Å². The standard InChI is InChI=1S/C25H30N2/c1-19-15-17-20(18-16-19)26-25-21-11-7-5-3-2-4-6-8-13-23(21)27-24-14-10-9-12-22(24)25/h9-10,12,14-18H,2-8,11,13H2,1H3,(H,26,27). The molecule has 0 fully saturated rings. The Morgan fingerprint density at radius 3 is 2.19 bits per heavy atom. The van der Waals surface area contributed by atoms with E-state index in [2.05, 4.69) is 60.8 Å². The van der Waals surface area contributed by atoms with Crippen molar-refractivity contribution in [2.24, 2.45) is 0 Å². The summed E-state index contributed by atoms with van der Waals surface area (Å²) in [6, 6.07) is 17.3. The SMILES string of the molecule is Cc1ccc(Nc2c3c(nc4ccccc24)CCCCCCCCC3)cc1. The number of anilines is 2. The molecular formula is C25H30N2. The molecule has 1 N–H and O–H groups in total. The van der Waals surface area contributed by atoms with E-state index in [1.54, 1.807) is 0 Å². The zero-order chi connectivity index (χ0) is 18.5. The van der Waals surface area contributed by atoms with E-state index in [-0.39, 0.29) is 0 Å². The molecule has 2 heteroatoms. The molecule has 0 saturated carbocycles. The molecule has 4 rings (SSSR count). The molecule has 1 heterocycles. The molecule has 140 valence electrons. The van der Waals surface area contributed by atoms with Gasteiger partial charge in [-0.1, -0.05) is 68.0 Å². The highest BCUT2D eigenvalue weighted by atomic mass is 14.9. The van der Waals surface area contributed by atoms with Crippen LogP contribution in [0, 0.1) is 6.92 Å². The first-order chi connectivity index (χ1) is 13.3. The maximum Gasteiger partial charge on any atom is 0.0726 e. The van der Waals surface area contributed by atoms with E-state index in [1.165, 1.54) is 72.8 Å². The second-order valence-corrected chi connectivity index (χ2v) is 7.90. The van der Waals surface area contributed by atoms with E-state index in [9.17, 15) is 0 Å². The van der Waals surface area contributed by atoms with Gasteiger partial charge in [-0.15, -0.1) is 0 Å². The number of pyridine rings is 1. The first-order valence-corrected chi connectivity index (χ1v) is 10.6. The average molecular weight is 359 g/mol. The van der Waals surface area contributed by atoms with Gasteiger partial charge < -0.3 is 5.32 Å². The molecular weight excluding hydrogens is 328 g/mol. The zero-order valence-electron chi connectivity index (χ0n) is 16.4. The number of hydrogen-bond donors (Lipinski definition) is 1. The van der Waals surface area contributed by atoms with E-state index in [0.29, 0.717) is 0 Å². The van der Waals surface area contributed by atoms with Gasteiger partial charge in [0.05, 0.1) is 11.2 Å². The summed E-state index contributed by atoms with van der Waals surface area (Å²) in [5.41, 5.74) is 7.59. The second kappa shape index (κ2) is 8.56. The molecule has 2 aromatic carbocycles. The first kappa shape index (κ1) is 18.0. The fourth-order valence-electron chi connectivity index (χ4n) is 4.18. The predicted molar refractivity (Wildman–Crippen MR) is 116 cm³/mol. The van der Waals surface area contributed by atoms with Crippen LogP contribution in [-0.2, 0) is 12.8 Å². The molecule has 1 aliphatic carbocycles. The van der Waals surface area contributed by atoms with Gasteiger partial charge in [-0.2, -0.15) is 0 Å². The van der Waals surface area contributed by atoms with Crippen molar-refractivity contribution in [3.63, 3.8) is 0 Å². The number of benzene rings is 2. The van der Waals surface area contributed by atoms with Crippen LogP contribution < -0.4 is 5.32 Å². The Balaban J connectivity index is 1.80. The highest BCUT2D eigenvalue weighted by molar-refractivity contribution is 5.95. The Kier molecular flexibility index (Phi) is 5.72. The monoisotopic (exact) mass is 358 g/mol. The minimum Gasteiger partial charge on any atom is -0.355 e. The third-order valence-corrected chi connectivity index (χ3v) is 5.74. The topological polar surface area (TPSA) is 24.9 Å².